The SMILES string of the molecule is CC(C)C1CCOC(C(C)C2CC(=O)[C@@H]3[C@@H]4C(O)CC5[C@@H](O)CCC[C@]5(C)C4CC[C@]23C)C1. The van der Waals surface area contributed by atoms with Gasteiger partial charge in [-0.2, -0.15) is 0 Å². The van der Waals surface area contributed by atoms with Crippen LogP contribution in [0.15, 0.2) is 0 Å². The molecule has 4 aliphatic carbocycles. The monoisotopic (exact) mass is 460 g/mol. The molecule has 1 saturated heterocycles. The van der Waals surface area contributed by atoms with Gasteiger partial charge in [-0.05, 0) is 97.2 Å². The minimum absolute atomic E-state index is 0.0277. The topological polar surface area (TPSA) is 66.8 Å². The number of ketones is 1. The third-order valence-electron chi connectivity index (χ3n) is 12.0. The van der Waals surface area contributed by atoms with E-state index in [1.165, 1.54) is 0 Å². The maximum absolute atomic E-state index is 13.7. The Labute approximate surface area is 201 Å². The summed E-state index contributed by atoms with van der Waals surface area (Å²) in [6.45, 7) is 12.6. The molecule has 2 N–H and O–H groups in total. The Morgan fingerprint density at radius 1 is 0.939 bits per heavy atom. The van der Waals surface area contributed by atoms with E-state index in [1.54, 1.807) is 0 Å². The zero-order valence-corrected chi connectivity index (χ0v) is 21.6. The third kappa shape index (κ3) is 3.68. The van der Waals surface area contributed by atoms with E-state index in [0.29, 0.717) is 42.3 Å². The number of Topliss-reactive ketones (excluding diaryl/α,β-unsaturated/α-hetero) is 1. The van der Waals surface area contributed by atoms with Gasteiger partial charge in [-0.3, -0.25) is 4.79 Å². The Morgan fingerprint density at radius 3 is 2.42 bits per heavy atom. The van der Waals surface area contributed by atoms with Gasteiger partial charge in [-0.1, -0.05) is 41.0 Å². The van der Waals surface area contributed by atoms with Crippen molar-refractivity contribution in [3.8, 4) is 0 Å². The highest BCUT2D eigenvalue weighted by Crippen LogP contribution is 2.67. The maximum atomic E-state index is 13.7. The minimum atomic E-state index is -0.459. The van der Waals surface area contributed by atoms with E-state index in [1.807, 2.05) is 0 Å². The van der Waals surface area contributed by atoms with Gasteiger partial charge in [0, 0.05) is 18.9 Å². The summed E-state index contributed by atoms with van der Waals surface area (Å²) >= 11 is 0. The molecule has 33 heavy (non-hydrogen) atoms. The van der Waals surface area contributed by atoms with Crippen LogP contribution in [0.4, 0.5) is 0 Å². The van der Waals surface area contributed by atoms with Gasteiger partial charge in [0.1, 0.15) is 5.78 Å². The largest absolute Gasteiger partial charge is 0.393 e. The summed E-state index contributed by atoms with van der Waals surface area (Å²) in [6, 6.07) is 0. The number of ether oxygens (including phenoxy) is 1. The highest BCUT2D eigenvalue weighted by atomic mass is 16.5. The van der Waals surface area contributed by atoms with Crippen LogP contribution in [0.2, 0.25) is 0 Å². The molecule has 7 unspecified atom stereocenters. The van der Waals surface area contributed by atoms with Crippen LogP contribution >= 0.6 is 0 Å². The van der Waals surface area contributed by atoms with Crippen LogP contribution in [0.3, 0.4) is 0 Å². The fourth-order valence-corrected chi connectivity index (χ4v) is 10.0. The van der Waals surface area contributed by atoms with Crippen LogP contribution in [0.1, 0.15) is 92.4 Å². The highest BCUT2D eigenvalue weighted by molar-refractivity contribution is 5.85. The van der Waals surface area contributed by atoms with Crippen LogP contribution in [0.25, 0.3) is 0 Å². The molecule has 0 spiro atoms. The van der Waals surface area contributed by atoms with Gasteiger partial charge >= 0.3 is 0 Å². The van der Waals surface area contributed by atoms with Crippen molar-refractivity contribution in [2.24, 2.45) is 58.2 Å². The van der Waals surface area contributed by atoms with E-state index >= 15 is 0 Å². The number of aliphatic hydroxyl groups excluding tert-OH is 2. The van der Waals surface area contributed by atoms with E-state index in [2.05, 4.69) is 34.6 Å². The smallest absolute Gasteiger partial charge is 0.137 e. The third-order valence-corrected chi connectivity index (χ3v) is 12.0. The van der Waals surface area contributed by atoms with Gasteiger partial charge in [0.05, 0.1) is 18.3 Å². The molecule has 0 amide bonds. The second-order valence-electron chi connectivity index (χ2n) is 13.7. The second-order valence-corrected chi connectivity index (χ2v) is 13.7. The van der Waals surface area contributed by atoms with Crippen LogP contribution in [-0.4, -0.2) is 40.9 Å². The van der Waals surface area contributed by atoms with E-state index in [-0.39, 0.29) is 40.8 Å². The summed E-state index contributed by atoms with van der Waals surface area (Å²) in [4.78, 5) is 13.7. The van der Waals surface area contributed by atoms with Crippen LogP contribution in [0.5, 0.6) is 0 Å². The first kappa shape index (κ1) is 24.3. The molecule has 12 atom stereocenters. The Morgan fingerprint density at radius 2 is 1.70 bits per heavy atom. The summed E-state index contributed by atoms with van der Waals surface area (Å²) in [5.41, 5.74) is 0.0209. The molecule has 0 aromatic rings. The molecule has 0 aromatic carbocycles. The molecule has 0 aromatic heterocycles. The van der Waals surface area contributed by atoms with Crippen molar-refractivity contribution >= 4 is 5.78 Å². The molecule has 0 radical (unpaired) electrons. The standard InChI is InChI=1S/C29H48O4/c1-16(2)18-9-12-33-25(13-18)17(3)20-14-24(32)27-26-19(8-11-29(20,27)5)28(4)10-6-7-22(30)21(28)15-23(26)31/h16-23,25-27,30-31H,6-15H2,1-5H3/t17?,18?,19?,20?,21?,22-,23?,25?,26-,27+,28+,29+/m0/s1. The molecular formula is C29H48O4. The summed E-state index contributed by atoms with van der Waals surface area (Å²) in [5, 5.41) is 22.2. The lowest BCUT2D eigenvalue weighted by molar-refractivity contribution is -0.190. The van der Waals surface area contributed by atoms with Crippen molar-refractivity contribution in [2.45, 2.75) is 111 Å². The maximum Gasteiger partial charge on any atom is 0.137 e. The fourth-order valence-electron chi connectivity index (χ4n) is 10.0. The molecule has 4 saturated carbocycles. The Bertz CT molecular complexity index is 750. The predicted octanol–water partition coefficient (Wildman–Crippen LogP) is 5.24. The van der Waals surface area contributed by atoms with Gasteiger partial charge < -0.3 is 14.9 Å². The average molecular weight is 461 g/mol. The van der Waals surface area contributed by atoms with Gasteiger partial charge in [0.25, 0.3) is 0 Å². The van der Waals surface area contributed by atoms with Crippen molar-refractivity contribution < 1.29 is 19.7 Å². The predicted molar refractivity (Wildman–Crippen MR) is 129 cm³/mol. The van der Waals surface area contributed by atoms with Crippen molar-refractivity contribution in [1.82, 2.24) is 0 Å². The van der Waals surface area contributed by atoms with Gasteiger partial charge in [-0.25, -0.2) is 0 Å². The van der Waals surface area contributed by atoms with Crippen LogP contribution in [-0.2, 0) is 9.53 Å². The Hall–Kier alpha value is -0.450. The zero-order chi connectivity index (χ0) is 23.7. The normalized spacial score (nSPS) is 53.3. The first-order valence-corrected chi connectivity index (χ1v) is 14.1. The van der Waals surface area contributed by atoms with Gasteiger partial charge in [0.15, 0.2) is 0 Å². The molecule has 1 aliphatic heterocycles. The van der Waals surface area contributed by atoms with E-state index in [0.717, 1.165) is 57.5 Å². The number of hydrogen-bond donors (Lipinski definition) is 2. The van der Waals surface area contributed by atoms with Gasteiger partial charge in [-0.15, -0.1) is 0 Å². The highest BCUT2D eigenvalue weighted by Gasteiger charge is 2.66. The molecule has 4 nitrogen and oxygen atoms in total. The lowest BCUT2D eigenvalue weighted by Gasteiger charge is -2.62. The van der Waals surface area contributed by atoms with Crippen molar-refractivity contribution in [2.75, 3.05) is 6.61 Å². The average Bonchev–Trinajstić information content (AvgIpc) is 3.05. The first-order chi connectivity index (χ1) is 15.6. The fraction of sp³-hybridized carbons (Fsp3) is 0.966. The summed E-state index contributed by atoms with van der Waals surface area (Å²) in [6.07, 6.45) is 8.33. The van der Waals surface area contributed by atoms with Gasteiger partial charge in [0.2, 0.25) is 0 Å². The Kier molecular flexibility index (Phi) is 6.31. The zero-order valence-electron chi connectivity index (χ0n) is 21.6. The molecular weight excluding hydrogens is 412 g/mol. The first-order valence-electron chi connectivity index (χ1n) is 14.1. The van der Waals surface area contributed by atoms with Crippen LogP contribution < -0.4 is 0 Å². The number of rotatable bonds is 3. The molecule has 5 fully saturated rings. The minimum Gasteiger partial charge on any atom is -0.393 e. The number of aliphatic hydroxyl groups is 2. The lowest BCUT2D eigenvalue weighted by Crippen LogP contribution is -2.61. The summed E-state index contributed by atoms with van der Waals surface area (Å²) < 4.78 is 6.33. The quantitative estimate of drug-likeness (QED) is 0.604. The number of fused-ring (bicyclic) bond motifs is 5. The number of carbonyl (C=O) groups is 1. The van der Waals surface area contributed by atoms with Crippen molar-refractivity contribution in [3.63, 3.8) is 0 Å². The molecule has 1 heterocycles. The summed E-state index contributed by atoms with van der Waals surface area (Å²) in [5.74, 6) is 3.11. The second kappa shape index (κ2) is 8.59. The van der Waals surface area contributed by atoms with E-state index in [4.69, 9.17) is 4.74 Å². The molecule has 4 heteroatoms. The number of carbonyl (C=O) groups excluding carboxylic acids is 1. The molecule has 5 aliphatic rings. The lowest BCUT2D eigenvalue weighted by atomic mass is 9.43. The Balaban J connectivity index is 1.41. The van der Waals surface area contributed by atoms with Crippen LogP contribution in [0, 0.1) is 58.2 Å². The number of hydrogen-bond acceptors (Lipinski definition) is 4. The van der Waals surface area contributed by atoms with E-state index < -0.39 is 6.10 Å². The molecule has 188 valence electrons. The molecule has 0 bridgehead atoms. The van der Waals surface area contributed by atoms with E-state index in [9.17, 15) is 15.0 Å². The molecule has 5 rings (SSSR count). The van der Waals surface area contributed by atoms with Crippen molar-refractivity contribution in [1.29, 1.82) is 0 Å². The summed E-state index contributed by atoms with van der Waals surface area (Å²) in [7, 11) is 0. The van der Waals surface area contributed by atoms with Crippen molar-refractivity contribution in [3.05, 3.63) is 0 Å².